The minimum Gasteiger partial charge on any atom is -0.497 e. The van der Waals surface area contributed by atoms with Crippen molar-refractivity contribution in [2.24, 2.45) is 0 Å². The Hall–Kier alpha value is -1.10. The summed E-state index contributed by atoms with van der Waals surface area (Å²) < 4.78 is 5.14. The number of methoxy groups -OCH3 is 1. The number of nitrogens with zero attached hydrogens (tertiary/aromatic N) is 2. The van der Waals surface area contributed by atoms with Crippen molar-refractivity contribution >= 4 is 0 Å². The number of aliphatic hydroxyl groups is 1. The summed E-state index contributed by atoms with van der Waals surface area (Å²) in [6.07, 6.45) is 2.01. The van der Waals surface area contributed by atoms with Crippen LogP contribution in [0.3, 0.4) is 0 Å². The maximum absolute atomic E-state index is 10.4. The molecule has 1 fully saturated rings. The Bertz CT molecular complexity index is 407. The van der Waals surface area contributed by atoms with Gasteiger partial charge < -0.3 is 14.7 Å². The Morgan fingerprint density at radius 2 is 2.10 bits per heavy atom. The molecule has 0 saturated carbocycles. The predicted octanol–water partition coefficient (Wildman–Crippen LogP) is 1.75. The van der Waals surface area contributed by atoms with Gasteiger partial charge in [-0.25, -0.2) is 0 Å². The summed E-state index contributed by atoms with van der Waals surface area (Å²) in [4.78, 5) is 4.65. The van der Waals surface area contributed by atoms with Crippen molar-refractivity contribution in [3.63, 3.8) is 0 Å². The molecule has 0 aliphatic carbocycles. The second kappa shape index (κ2) is 7.07. The van der Waals surface area contributed by atoms with Crippen LogP contribution in [0.15, 0.2) is 24.3 Å². The molecule has 1 heterocycles. The SMILES string of the molecule is COc1ccc(C(O)CN(C)C2CCCN(C)C2)cc1. The normalized spacial score (nSPS) is 21.9. The van der Waals surface area contributed by atoms with Gasteiger partial charge in [-0.05, 0) is 51.2 Å². The van der Waals surface area contributed by atoms with Crippen LogP contribution in [0.5, 0.6) is 5.75 Å². The first-order valence-electron chi connectivity index (χ1n) is 7.31. The molecule has 1 aromatic carbocycles. The molecule has 1 aliphatic rings. The molecule has 0 spiro atoms. The number of rotatable bonds is 5. The number of hydrogen-bond donors (Lipinski definition) is 1. The number of likely N-dealkylation sites (N-methyl/N-ethyl adjacent to an activating group) is 2. The van der Waals surface area contributed by atoms with E-state index in [2.05, 4.69) is 23.9 Å². The number of ether oxygens (including phenoxy) is 1. The van der Waals surface area contributed by atoms with E-state index >= 15 is 0 Å². The van der Waals surface area contributed by atoms with Crippen LogP contribution in [0.1, 0.15) is 24.5 Å². The molecule has 2 atom stereocenters. The fraction of sp³-hybridized carbons (Fsp3) is 0.625. The van der Waals surface area contributed by atoms with Crippen LogP contribution in [-0.4, -0.2) is 61.8 Å². The third-order valence-electron chi connectivity index (χ3n) is 4.18. The average Bonchev–Trinajstić information content (AvgIpc) is 2.47. The van der Waals surface area contributed by atoms with Crippen LogP contribution >= 0.6 is 0 Å². The summed E-state index contributed by atoms with van der Waals surface area (Å²) >= 11 is 0. The molecular formula is C16H26N2O2. The summed E-state index contributed by atoms with van der Waals surface area (Å²) in [5.41, 5.74) is 0.946. The Labute approximate surface area is 122 Å². The van der Waals surface area contributed by atoms with Gasteiger partial charge in [0.1, 0.15) is 5.75 Å². The van der Waals surface area contributed by atoms with Gasteiger partial charge >= 0.3 is 0 Å². The highest BCUT2D eigenvalue weighted by Gasteiger charge is 2.22. The minimum atomic E-state index is -0.446. The quantitative estimate of drug-likeness (QED) is 0.890. The maximum Gasteiger partial charge on any atom is 0.118 e. The van der Waals surface area contributed by atoms with Crippen molar-refractivity contribution in [1.29, 1.82) is 0 Å². The van der Waals surface area contributed by atoms with Gasteiger partial charge in [0.15, 0.2) is 0 Å². The van der Waals surface area contributed by atoms with Gasteiger partial charge in [-0.15, -0.1) is 0 Å². The monoisotopic (exact) mass is 278 g/mol. The first-order chi connectivity index (χ1) is 9.60. The minimum absolute atomic E-state index is 0.446. The molecule has 0 aromatic heterocycles. The molecule has 2 rings (SSSR count). The van der Waals surface area contributed by atoms with Crippen LogP contribution in [0.4, 0.5) is 0 Å². The lowest BCUT2D eigenvalue weighted by atomic mass is 10.0. The van der Waals surface area contributed by atoms with E-state index in [0.717, 1.165) is 17.9 Å². The van der Waals surface area contributed by atoms with Crippen LogP contribution in [0.2, 0.25) is 0 Å². The fourth-order valence-electron chi connectivity index (χ4n) is 2.85. The highest BCUT2D eigenvalue weighted by molar-refractivity contribution is 5.28. The molecule has 0 radical (unpaired) electrons. The first kappa shape index (κ1) is 15.3. The molecule has 0 bridgehead atoms. The molecule has 1 saturated heterocycles. The van der Waals surface area contributed by atoms with Gasteiger partial charge in [0, 0.05) is 19.1 Å². The molecule has 112 valence electrons. The van der Waals surface area contributed by atoms with Crippen molar-refractivity contribution in [2.45, 2.75) is 25.0 Å². The second-order valence-corrected chi connectivity index (χ2v) is 5.79. The van der Waals surface area contributed by atoms with Crippen LogP contribution < -0.4 is 4.74 Å². The average molecular weight is 278 g/mol. The van der Waals surface area contributed by atoms with E-state index in [4.69, 9.17) is 4.74 Å². The van der Waals surface area contributed by atoms with E-state index in [1.165, 1.54) is 19.4 Å². The molecule has 20 heavy (non-hydrogen) atoms. The zero-order valence-corrected chi connectivity index (χ0v) is 12.7. The smallest absolute Gasteiger partial charge is 0.118 e. The molecule has 1 N–H and O–H groups in total. The van der Waals surface area contributed by atoms with Crippen LogP contribution in [-0.2, 0) is 0 Å². The number of piperidine rings is 1. The second-order valence-electron chi connectivity index (χ2n) is 5.79. The molecule has 0 amide bonds. The largest absolute Gasteiger partial charge is 0.497 e. The molecule has 2 unspecified atom stereocenters. The van der Waals surface area contributed by atoms with Crippen molar-refractivity contribution in [2.75, 3.05) is 40.8 Å². The van der Waals surface area contributed by atoms with Crippen molar-refractivity contribution in [1.82, 2.24) is 9.80 Å². The zero-order valence-electron chi connectivity index (χ0n) is 12.7. The summed E-state index contributed by atoms with van der Waals surface area (Å²) in [5.74, 6) is 0.822. The van der Waals surface area contributed by atoms with E-state index in [9.17, 15) is 5.11 Å². The highest BCUT2D eigenvalue weighted by Crippen LogP contribution is 2.20. The van der Waals surface area contributed by atoms with Crippen molar-refractivity contribution < 1.29 is 9.84 Å². The Morgan fingerprint density at radius 3 is 2.70 bits per heavy atom. The fourth-order valence-corrected chi connectivity index (χ4v) is 2.85. The lowest BCUT2D eigenvalue weighted by Crippen LogP contribution is -2.46. The molecule has 4 heteroatoms. The Morgan fingerprint density at radius 1 is 1.40 bits per heavy atom. The van der Waals surface area contributed by atoms with Crippen molar-refractivity contribution in [3.05, 3.63) is 29.8 Å². The summed E-state index contributed by atoms with van der Waals surface area (Å²) in [5, 5.41) is 10.4. The van der Waals surface area contributed by atoms with Crippen LogP contribution in [0, 0.1) is 0 Å². The van der Waals surface area contributed by atoms with E-state index < -0.39 is 6.10 Å². The zero-order chi connectivity index (χ0) is 14.5. The topological polar surface area (TPSA) is 35.9 Å². The van der Waals surface area contributed by atoms with Gasteiger partial charge in [0.2, 0.25) is 0 Å². The van der Waals surface area contributed by atoms with E-state index in [1.54, 1.807) is 7.11 Å². The first-order valence-corrected chi connectivity index (χ1v) is 7.31. The van der Waals surface area contributed by atoms with Gasteiger partial charge in [0.05, 0.1) is 13.2 Å². The van der Waals surface area contributed by atoms with E-state index in [-0.39, 0.29) is 0 Å². The number of benzene rings is 1. The highest BCUT2D eigenvalue weighted by atomic mass is 16.5. The van der Waals surface area contributed by atoms with Gasteiger partial charge in [-0.3, -0.25) is 4.90 Å². The third-order valence-corrected chi connectivity index (χ3v) is 4.18. The molecule has 1 aliphatic heterocycles. The van der Waals surface area contributed by atoms with Gasteiger partial charge in [-0.1, -0.05) is 12.1 Å². The van der Waals surface area contributed by atoms with E-state index in [1.807, 2.05) is 24.3 Å². The number of hydrogen-bond acceptors (Lipinski definition) is 4. The van der Waals surface area contributed by atoms with Gasteiger partial charge in [-0.2, -0.15) is 0 Å². The summed E-state index contributed by atoms with van der Waals surface area (Å²) in [7, 11) is 5.93. The number of likely N-dealkylation sites (tertiary alicyclic amines) is 1. The van der Waals surface area contributed by atoms with Crippen LogP contribution in [0.25, 0.3) is 0 Å². The van der Waals surface area contributed by atoms with Crippen molar-refractivity contribution in [3.8, 4) is 5.75 Å². The summed E-state index contributed by atoms with van der Waals surface area (Å²) in [6, 6.07) is 8.20. The van der Waals surface area contributed by atoms with E-state index in [0.29, 0.717) is 12.6 Å². The summed E-state index contributed by atoms with van der Waals surface area (Å²) in [6.45, 7) is 2.95. The predicted molar refractivity (Wildman–Crippen MR) is 81.1 cm³/mol. The molecule has 1 aromatic rings. The lowest BCUT2D eigenvalue weighted by molar-refractivity contribution is 0.0742. The Kier molecular flexibility index (Phi) is 5.40. The Balaban J connectivity index is 1.90. The standard InChI is InChI=1S/C16H26N2O2/c1-17-10-4-5-14(11-17)18(2)12-16(19)13-6-8-15(20-3)9-7-13/h6-9,14,16,19H,4-5,10-12H2,1-3H3. The lowest BCUT2D eigenvalue weighted by Gasteiger charge is -2.36. The molecular weight excluding hydrogens is 252 g/mol. The number of aliphatic hydroxyl groups excluding tert-OH is 1. The van der Waals surface area contributed by atoms with Gasteiger partial charge in [0.25, 0.3) is 0 Å². The third kappa shape index (κ3) is 3.95. The molecule has 4 nitrogen and oxygen atoms in total. The maximum atomic E-state index is 10.4.